The zero-order valence-corrected chi connectivity index (χ0v) is 13.3. The van der Waals surface area contributed by atoms with Gasteiger partial charge in [-0.05, 0) is 45.4 Å². The number of benzene rings is 1. The standard InChI is InChI=1S/C17H24N4O/c1-3-21-15-9-5-4-8-14(15)20-16(21)12(2)19-17(22)13-7-6-10-18-11-13/h4-5,8-9,12-13,18H,3,6-7,10-11H2,1-2H3,(H,19,22). The van der Waals surface area contributed by atoms with Crippen LogP contribution < -0.4 is 10.6 Å². The first-order valence-electron chi connectivity index (χ1n) is 8.17. The maximum Gasteiger partial charge on any atom is 0.224 e. The van der Waals surface area contributed by atoms with Gasteiger partial charge in [-0.25, -0.2) is 4.98 Å². The average Bonchev–Trinajstić information content (AvgIpc) is 2.94. The summed E-state index contributed by atoms with van der Waals surface area (Å²) in [6.45, 7) is 6.77. The highest BCUT2D eigenvalue weighted by molar-refractivity contribution is 5.80. The number of rotatable bonds is 4. The van der Waals surface area contributed by atoms with Gasteiger partial charge >= 0.3 is 0 Å². The topological polar surface area (TPSA) is 59.0 Å². The quantitative estimate of drug-likeness (QED) is 0.910. The number of piperidine rings is 1. The van der Waals surface area contributed by atoms with Crippen molar-refractivity contribution >= 4 is 16.9 Å². The Bertz CT molecular complexity index is 658. The van der Waals surface area contributed by atoms with E-state index in [0.29, 0.717) is 0 Å². The molecule has 0 bridgehead atoms. The van der Waals surface area contributed by atoms with Crippen molar-refractivity contribution in [2.45, 2.75) is 39.3 Å². The highest BCUT2D eigenvalue weighted by Crippen LogP contribution is 2.21. The monoisotopic (exact) mass is 300 g/mol. The van der Waals surface area contributed by atoms with Crippen LogP contribution in [-0.2, 0) is 11.3 Å². The van der Waals surface area contributed by atoms with Gasteiger partial charge < -0.3 is 15.2 Å². The van der Waals surface area contributed by atoms with Gasteiger partial charge in [0, 0.05) is 13.1 Å². The van der Waals surface area contributed by atoms with Gasteiger partial charge in [-0.3, -0.25) is 4.79 Å². The van der Waals surface area contributed by atoms with Crippen molar-refractivity contribution in [3.63, 3.8) is 0 Å². The summed E-state index contributed by atoms with van der Waals surface area (Å²) in [6, 6.07) is 8.04. The number of nitrogens with zero attached hydrogens (tertiary/aromatic N) is 2. The van der Waals surface area contributed by atoms with E-state index in [4.69, 9.17) is 4.98 Å². The highest BCUT2D eigenvalue weighted by atomic mass is 16.2. The second-order valence-electron chi connectivity index (χ2n) is 5.98. The van der Waals surface area contributed by atoms with Gasteiger partial charge in [0.05, 0.1) is 23.0 Å². The molecule has 0 saturated carbocycles. The molecule has 0 radical (unpaired) electrons. The number of carbonyl (C=O) groups excluding carboxylic acids is 1. The molecule has 5 nitrogen and oxygen atoms in total. The summed E-state index contributed by atoms with van der Waals surface area (Å²) < 4.78 is 2.18. The van der Waals surface area contributed by atoms with Crippen LogP contribution >= 0.6 is 0 Å². The van der Waals surface area contributed by atoms with Crippen LogP contribution in [0.4, 0.5) is 0 Å². The van der Waals surface area contributed by atoms with E-state index in [0.717, 1.165) is 49.3 Å². The van der Waals surface area contributed by atoms with Crippen molar-refractivity contribution in [2.24, 2.45) is 5.92 Å². The van der Waals surface area contributed by atoms with Gasteiger partial charge in [-0.15, -0.1) is 0 Å². The second-order valence-corrected chi connectivity index (χ2v) is 5.98. The Morgan fingerprint density at radius 1 is 1.50 bits per heavy atom. The fourth-order valence-electron chi connectivity index (χ4n) is 3.23. The number of imidazole rings is 1. The summed E-state index contributed by atoms with van der Waals surface area (Å²) in [4.78, 5) is 17.1. The third-order valence-corrected chi connectivity index (χ3v) is 4.41. The first-order chi connectivity index (χ1) is 10.7. The minimum absolute atomic E-state index is 0.0793. The maximum absolute atomic E-state index is 12.4. The Kier molecular flexibility index (Phi) is 4.43. The molecule has 22 heavy (non-hydrogen) atoms. The fourth-order valence-corrected chi connectivity index (χ4v) is 3.23. The van der Waals surface area contributed by atoms with Gasteiger partial charge in [0.2, 0.25) is 5.91 Å². The molecule has 1 aliphatic rings. The summed E-state index contributed by atoms with van der Waals surface area (Å²) in [5.41, 5.74) is 2.11. The molecule has 1 aromatic heterocycles. The fraction of sp³-hybridized carbons (Fsp3) is 0.529. The lowest BCUT2D eigenvalue weighted by Crippen LogP contribution is -2.41. The molecule has 2 heterocycles. The number of para-hydroxylation sites is 2. The lowest BCUT2D eigenvalue weighted by Gasteiger charge is -2.24. The molecule has 0 aliphatic carbocycles. The molecule has 3 rings (SSSR count). The van der Waals surface area contributed by atoms with Gasteiger partial charge in [0.15, 0.2) is 0 Å². The Morgan fingerprint density at radius 2 is 2.32 bits per heavy atom. The van der Waals surface area contributed by atoms with Crippen LogP contribution in [0.3, 0.4) is 0 Å². The van der Waals surface area contributed by atoms with Gasteiger partial charge in [-0.2, -0.15) is 0 Å². The summed E-state index contributed by atoms with van der Waals surface area (Å²) in [5, 5.41) is 6.43. The molecule has 2 atom stereocenters. The molecule has 1 amide bonds. The zero-order chi connectivity index (χ0) is 15.5. The van der Waals surface area contributed by atoms with Crippen molar-refractivity contribution in [1.82, 2.24) is 20.2 Å². The number of hydrogen-bond acceptors (Lipinski definition) is 3. The lowest BCUT2D eigenvalue weighted by atomic mass is 9.98. The van der Waals surface area contributed by atoms with Crippen LogP contribution in [0.5, 0.6) is 0 Å². The van der Waals surface area contributed by atoms with E-state index in [9.17, 15) is 4.79 Å². The normalized spacial score (nSPS) is 20.0. The second kappa shape index (κ2) is 6.48. The van der Waals surface area contributed by atoms with E-state index in [2.05, 4.69) is 28.2 Å². The first kappa shape index (κ1) is 15.0. The van der Waals surface area contributed by atoms with Crippen molar-refractivity contribution in [1.29, 1.82) is 0 Å². The molecule has 5 heteroatoms. The van der Waals surface area contributed by atoms with Gasteiger partial charge in [-0.1, -0.05) is 12.1 Å². The Balaban J connectivity index is 1.79. The number of fused-ring (bicyclic) bond motifs is 1. The molecule has 1 aromatic carbocycles. The molecule has 1 aliphatic heterocycles. The number of nitrogens with one attached hydrogen (secondary N) is 2. The number of aryl methyl sites for hydroxylation is 1. The highest BCUT2D eigenvalue weighted by Gasteiger charge is 2.24. The van der Waals surface area contributed by atoms with E-state index < -0.39 is 0 Å². The third-order valence-electron chi connectivity index (χ3n) is 4.41. The molecule has 2 N–H and O–H groups in total. The smallest absolute Gasteiger partial charge is 0.224 e. The summed E-state index contributed by atoms with van der Waals surface area (Å²) in [5.74, 6) is 1.14. The zero-order valence-electron chi connectivity index (χ0n) is 13.3. The van der Waals surface area contributed by atoms with Crippen LogP contribution in [0.15, 0.2) is 24.3 Å². The number of aromatic nitrogens is 2. The minimum atomic E-state index is -0.0817. The number of carbonyl (C=O) groups is 1. The third kappa shape index (κ3) is 2.86. The molecule has 118 valence electrons. The largest absolute Gasteiger partial charge is 0.346 e. The van der Waals surface area contributed by atoms with Crippen LogP contribution in [-0.4, -0.2) is 28.5 Å². The Hall–Kier alpha value is -1.88. The molecule has 2 aromatic rings. The predicted molar refractivity (Wildman–Crippen MR) is 87.6 cm³/mol. The lowest BCUT2D eigenvalue weighted by molar-refractivity contribution is -0.126. The Labute approximate surface area is 131 Å². The summed E-state index contributed by atoms with van der Waals surface area (Å²) >= 11 is 0. The van der Waals surface area contributed by atoms with E-state index in [1.165, 1.54) is 0 Å². The van der Waals surface area contributed by atoms with E-state index in [1.54, 1.807) is 0 Å². The maximum atomic E-state index is 12.4. The molecule has 1 saturated heterocycles. The summed E-state index contributed by atoms with van der Waals surface area (Å²) in [7, 11) is 0. The molecule has 2 unspecified atom stereocenters. The van der Waals surface area contributed by atoms with Crippen LogP contribution in [0.25, 0.3) is 11.0 Å². The van der Waals surface area contributed by atoms with Crippen molar-refractivity contribution in [3.05, 3.63) is 30.1 Å². The van der Waals surface area contributed by atoms with Crippen molar-refractivity contribution in [3.8, 4) is 0 Å². The van der Waals surface area contributed by atoms with E-state index in [-0.39, 0.29) is 17.9 Å². The minimum Gasteiger partial charge on any atom is -0.346 e. The average molecular weight is 300 g/mol. The molecular weight excluding hydrogens is 276 g/mol. The molecular formula is C17H24N4O. The van der Waals surface area contributed by atoms with Gasteiger partial charge in [0.25, 0.3) is 0 Å². The first-order valence-corrected chi connectivity index (χ1v) is 8.17. The van der Waals surface area contributed by atoms with Crippen LogP contribution in [0.2, 0.25) is 0 Å². The van der Waals surface area contributed by atoms with E-state index >= 15 is 0 Å². The van der Waals surface area contributed by atoms with Crippen LogP contribution in [0, 0.1) is 5.92 Å². The molecule has 1 fully saturated rings. The molecule has 0 spiro atoms. The summed E-state index contributed by atoms with van der Waals surface area (Å²) in [6.07, 6.45) is 2.04. The van der Waals surface area contributed by atoms with E-state index in [1.807, 2.05) is 25.1 Å². The number of amides is 1. The Morgan fingerprint density at radius 3 is 3.05 bits per heavy atom. The van der Waals surface area contributed by atoms with Crippen molar-refractivity contribution < 1.29 is 4.79 Å². The van der Waals surface area contributed by atoms with Gasteiger partial charge in [0.1, 0.15) is 5.82 Å². The SMILES string of the molecule is CCn1c(C(C)NC(=O)C2CCCNC2)nc2ccccc21. The number of hydrogen-bond donors (Lipinski definition) is 2. The van der Waals surface area contributed by atoms with Crippen LogP contribution in [0.1, 0.15) is 38.6 Å². The van der Waals surface area contributed by atoms with Crippen molar-refractivity contribution in [2.75, 3.05) is 13.1 Å². The predicted octanol–water partition coefficient (Wildman–Crippen LogP) is 2.23.